The van der Waals surface area contributed by atoms with E-state index in [-0.39, 0.29) is 12.4 Å². The first-order valence-corrected chi connectivity index (χ1v) is 10.5. The molecular weight excluding hydrogens is 393 g/mol. The fraction of sp³-hybridized carbons (Fsp3) is 0.478. The highest BCUT2D eigenvalue weighted by Gasteiger charge is 2.12. The standard InChI is InChI=1S/C23H30ClNO2.ClH/c1-2-26-23-15-19(16-25-21-7-5-3-4-6-8-21)11-14-22(23)27-17-18-9-12-20(24)13-10-18;/h9-15,21,25H,2-8,16-17H2,1H3;1H. The van der Waals surface area contributed by atoms with Crippen molar-refractivity contribution in [2.75, 3.05) is 6.61 Å². The van der Waals surface area contributed by atoms with E-state index in [0.717, 1.165) is 28.6 Å². The van der Waals surface area contributed by atoms with E-state index < -0.39 is 0 Å². The molecule has 0 unspecified atom stereocenters. The van der Waals surface area contributed by atoms with E-state index in [9.17, 15) is 0 Å². The number of rotatable bonds is 8. The van der Waals surface area contributed by atoms with Crippen LogP contribution in [0.2, 0.25) is 5.02 Å². The summed E-state index contributed by atoms with van der Waals surface area (Å²) in [5, 5.41) is 4.46. The monoisotopic (exact) mass is 423 g/mol. The fourth-order valence-corrected chi connectivity index (χ4v) is 3.66. The van der Waals surface area contributed by atoms with Crippen LogP contribution in [0.3, 0.4) is 0 Å². The minimum Gasteiger partial charge on any atom is -0.490 e. The fourth-order valence-electron chi connectivity index (χ4n) is 3.54. The average Bonchev–Trinajstić information content (AvgIpc) is 2.96. The van der Waals surface area contributed by atoms with Crippen molar-refractivity contribution in [1.29, 1.82) is 0 Å². The number of halogens is 2. The van der Waals surface area contributed by atoms with Gasteiger partial charge in [0.05, 0.1) is 6.61 Å². The third kappa shape index (κ3) is 7.20. The third-order valence-electron chi connectivity index (χ3n) is 5.07. The molecule has 28 heavy (non-hydrogen) atoms. The summed E-state index contributed by atoms with van der Waals surface area (Å²) in [6, 6.07) is 14.6. The molecule has 0 atom stereocenters. The Morgan fingerprint density at radius 2 is 1.57 bits per heavy atom. The second-order valence-electron chi connectivity index (χ2n) is 7.20. The zero-order valence-electron chi connectivity index (χ0n) is 16.6. The highest BCUT2D eigenvalue weighted by atomic mass is 35.5. The van der Waals surface area contributed by atoms with E-state index in [0.29, 0.717) is 19.3 Å². The van der Waals surface area contributed by atoms with Gasteiger partial charge in [0.1, 0.15) is 6.61 Å². The van der Waals surface area contributed by atoms with Crippen molar-refractivity contribution in [3.05, 3.63) is 58.6 Å². The van der Waals surface area contributed by atoms with E-state index in [1.165, 1.54) is 44.1 Å². The van der Waals surface area contributed by atoms with Crippen LogP contribution in [-0.4, -0.2) is 12.6 Å². The summed E-state index contributed by atoms with van der Waals surface area (Å²) in [5.74, 6) is 1.59. The molecule has 1 aliphatic carbocycles. The SMILES string of the molecule is CCOc1cc(CNC2CCCCCC2)ccc1OCc1ccc(Cl)cc1.Cl. The van der Waals surface area contributed by atoms with E-state index in [2.05, 4.69) is 17.4 Å². The van der Waals surface area contributed by atoms with Crippen LogP contribution in [0.1, 0.15) is 56.6 Å². The van der Waals surface area contributed by atoms with Gasteiger partial charge in [-0.2, -0.15) is 0 Å². The number of benzene rings is 2. The van der Waals surface area contributed by atoms with Crippen molar-refractivity contribution in [1.82, 2.24) is 5.32 Å². The Balaban J connectivity index is 0.00000280. The molecule has 0 bridgehead atoms. The molecule has 0 heterocycles. The first kappa shape index (κ1) is 22.9. The normalized spacial score (nSPS) is 14.8. The van der Waals surface area contributed by atoms with Gasteiger partial charge in [-0.15, -0.1) is 12.4 Å². The van der Waals surface area contributed by atoms with Crippen molar-refractivity contribution in [3.8, 4) is 11.5 Å². The summed E-state index contributed by atoms with van der Waals surface area (Å²) < 4.78 is 11.8. The van der Waals surface area contributed by atoms with Crippen molar-refractivity contribution in [2.45, 2.75) is 64.6 Å². The van der Waals surface area contributed by atoms with E-state index in [4.69, 9.17) is 21.1 Å². The lowest BCUT2D eigenvalue weighted by atomic mass is 10.1. The average molecular weight is 424 g/mol. The summed E-state index contributed by atoms with van der Waals surface area (Å²) >= 11 is 5.94. The van der Waals surface area contributed by atoms with Gasteiger partial charge in [-0.25, -0.2) is 0 Å². The lowest BCUT2D eigenvalue weighted by Gasteiger charge is -2.17. The minimum absolute atomic E-state index is 0. The van der Waals surface area contributed by atoms with Crippen LogP contribution in [0, 0.1) is 0 Å². The lowest BCUT2D eigenvalue weighted by Crippen LogP contribution is -2.27. The second-order valence-corrected chi connectivity index (χ2v) is 7.64. The first-order valence-electron chi connectivity index (χ1n) is 10.1. The molecular formula is C23H31Cl2NO2. The van der Waals surface area contributed by atoms with Gasteiger partial charge in [-0.1, -0.05) is 55.5 Å². The van der Waals surface area contributed by atoms with Gasteiger partial charge in [0.25, 0.3) is 0 Å². The van der Waals surface area contributed by atoms with E-state index in [1.807, 2.05) is 37.3 Å². The Morgan fingerprint density at radius 1 is 0.893 bits per heavy atom. The minimum atomic E-state index is 0. The predicted molar refractivity (Wildman–Crippen MR) is 119 cm³/mol. The molecule has 1 saturated carbocycles. The number of nitrogens with one attached hydrogen (secondary N) is 1. The highest BCUT2D eigenvalue weighted by Crippen LogP contribution is 2.29. The highest BCUT2D eigenvalue weighted by molar-refractivity contribution is 6.30. The van der Waals surface area contributed by atoms with Gasteiger partial charge in [0.15, 0.2) is 11.5 Å². The third-order valence-corrected chi connectivity index (χ3v) is 5.32. The van der Waals surface area contributed by atoms with Gasteiger partial charge in [-0.3, -0.25) is 0 Å². The largest absolute Gasteiger partial charge is 0.490 e. The van der Waals surface area contributed by atoms with Crippen molar-refractivity contribution in [2.24, 2.45) is 0 Å². The van der Waals surface area contributed by atoms with Crippen LogP contribution in [0.15, 0.2) is 42.5 Å². The van der Waals surface area contributed by atoms with E-state index in [1.54, 1.807) is 0 Å². The Labute approximate surface area is 180 Å². The van der Waals surface area contributed by atoms with Gasteiger partial charge in [0, 0.05) is 17.6 Å². The summed E-state index contributed by atoms with van der Waals surface area (Å²) in [5.41, 5.74) is 2.32. The molecule has 1 fully saturated rings. The van der Waals surface area contributed by atoms with E-state index >= 15 is 0 Å². The lowest BCUT2D eigenvalue weighted by molar-refractivity contribution is 0.269. The Bertz CT molecular complexity index is 698. The molecule has 0 radical (unpaired) electrons. The molecule has 0 aromatic heterocycles. The second kappa shape index (κ2) is 12.2. The van der Waals surface area contributed by atoms with Crippen LogP contribution in [0.4, 0.5) is 0 Å². The van der Waals surface area contributed by atoms with Crippen LogP contribution in [-0.2, 0) is 13.2 Å². The predicted octanol–water partition coefficient (Wildman–Crippen LogP) is 6.55. The molecule has 0 spiro atoms. The van der Waals surface area contributed by atoms with Crippen molar-refractivity contribution < 1.29 is 9.47 Å². The Hall–Kier alpha value is -1.42. The van der Waals surface area contributed by atoms with Crippen LogP contribution >= 0.6 is 24.0 Å². The number of ether oxygens (including phenoxy) is 2. The molecule has 0 saturated heterocycles. The smallest absolute Gasteiger partial charge is 0.161 e. The van der Waals surface area contributed by atoms with Gasteiger partial charge >= 0.3 is 0 Å². The molecule has 1 N–H and O–H groups in total. The molecule has 0 aliphatic heterocycles. The van der Waals surface area contributed by atoms with Crippen molar-refractivity contribution >= 4 is 24.0 Å². The zero-order chi connectivity index (χ0) is 18.9. The van der Waals surface area contributed by atoms with Gasteiger partial charge in [-0.05, 0) is 55.2 Å². The molecule has 0 amide bonds. The summed E-state index contributed by atoms with van der Waals surface area (Å²) in [6.07, 6.45) is 8.04. The molecule has 2 aromatic carbocycles. The molecule has 5 heteroatoms. The Kier molecular flexibility index (Phi) is 9.97. The summed E-state index contributed by atoms with van der Waals surface area (Å²) in [6.45, 7) is 4.00. The molecule has 3 nitrogen and oxygen atoms in total. The summed E-state index contributed by atoms with van der Waals surface area (Å²) in [7, 11) is 0. The number of hydrogen-bond donors (Lipinski definition) is 1. The van der Waals surface area contributed by atoms with Crippen LogP contribution < -0.4 is 14.8 Å². The zero-order valence-corrected chi connectivity index (χ0v) is 18.2. The maximum absolute atomic E-state index is 5.99. The van der Waals surface area contributed by atoms with Gasteiger partial charge < -0.3 is 14.8 Å². The molecule has 1 aliphatic rings. The van der Waals surface area contributed by atoms with Gasteiger partial charge in [0.2, 0.25) is 0 Å². The van der Waals surface area contributed by atoms with Crippen molar-refractivity contribution in [3.63, 3.8) is 0 Å². The molecule has 2 aromatic rings. The quantitative estimate of drug-likeness (QED) is 0.488. The molecule has 3 rings (SSSR count). The summed E-state index contributed by atoms with van der Waals surface area (Å²) in [4.78, 5) is 0. The number of hydrogen-bond acceptors (Lipinski definition) is 3. The molecule has 154 valence electrons. The maximum Gasteiger partial charge on any atom is 0.161 e. The Morgan fingerprint density at radius 3 is 2.25 bits per heavy atom. The maximum atomic E-state index is 5.99. The first-order chi connectivity index (χ1) is 13.2. The van der Waals surface area contributed by atoms with Crippen LogP contribution in [0.25, 0.3) is 0 Å². The van der Waals surface area contributed by atoms with Crippen LogP contribution in [0.5, 0.6) is 11.5 Å². The topological polar surface area (TPSA) is 30.5 Å².